The number of halogens is 2. The molecular weight excluding hydrogens is 279 g/mol. The van der Waals surface area contributed by atoms with Gasteiger partial charge in [0.25, 0.3) is 0 Å². The summed E-state index contributed by atoms with van der Waals surface area (Å²) in [6.07, 6.45) is 0. The van der Waals surface area contributed by atoms with E-state index in [0.717, 1.165) is 0 Å². The van der Waals surface area contributed by atoms with Gasteiger partial charge in [0, 0.05) is 12.1 Å². The van der Waals surface area contributed by atoms with Crippen molar-refractivity contribution in [2.45, 2.75) is 19.6 Å². The molecule has 0 aliphatic heterocycles. The molecule has 0 radical (unpaired) electrons. The lowest BCUT2D eigenvalue weighted by Gasteiger charge is -2.20. The normalized spacial score (nSPS) is 11.3. The van der Waals surface area contributed by atoms with E-state index in [0.29, 0.717) is 16.0 Å². The second-order valence-corrected chi connectivity index (χ2v) is 9.36. The zero-order chi connectivity index (χ0) is 11.6. The van der Waals surface area contributed by atoms with Crippen molar-refractivity contribution in [1.82, 2.24) is 0 Å². The fourth-order valence-corrected chi connectivity index (χ4v) is 2.34. The van der Waals surface area contributed by atoms with Crippen LogP contribution in [0.4, 0.5) is 4.39 Å². The van der Waals surface area contributed by atoms with Crippen LogP contribution in [0.3, 0.4) is 0 Å². The molecule has 0 bridgehead atoms. The Balaban J connectivity index is 3.11. The number of methoxy groups -OCH3 is 1. The molecule has 1 aromatic rings. The van der Waals surface area contributed by atoms with Crippen molar-refractivity contribution in [3.8, 4) is 11.5 Å². The van der Waals surface area contributed by atoms with Crippen molar-refractivity contribution >= 4 is 24.2 Å². The second-order valence-electron chi connectivity index (χ2n) is 4.14. The molecule has 1 aromatic carbocycles. The predicted octanol–water partition coefficient (Wildman–Crippen LogP) is 3.81. The van der Waals surface area contributed by atoms with Crippen LogP contribution in [0.25, 0.3) is 0 Å². The fraction of sp³-hybridized carbons (Fsp3) is 0.400. The molecule has 0 N–H and O–H groups in total. The van der Waals surface area contributed by atoms with Crippen LogP contribution in [0.1, 0.15) is 0 Å². The third-order valence-corrected chi connectivity index (χ3v) is 3.22. The highest BCUT2D eigenvalue weighted by molar-refractivity contribution is 9.10. The number of benzene rings is 1. The third-order valence-electron chi connectivity index (χ3n) is 1.62. The molecule has 0 amide bonds. The lowest BCUT2D eigenvalue weighted by Crippen LogP contribution is -2.29. The summed E-state index contributed by atoms with van der Waals surface area (Å²) in [5.74, 6) is 0.595. The van der Waals surface area contributed by atoms with Crippen LogP contribution in [-0.4, -0.2) is 15.4 Å². The average molecular weight is 293 g/mol. The SMILES string of the molecule is COc1cc(F)c(Br)c(O[Si](C)(C)C)c1. The van der Waals surface area contributed by atoms with E-state index >= 15 is 0 Å². The summed E-state index contributed by atoms with van der Waals surface area (Å²) in [6, 6.07) is 3.01. The summed E-state index contributed by atoms with van der Waals surface area (Å²) in [4.78, 5) is 0. The van der Waals surface area contributed by atoms with Gasteiger partial charge in [-0.2, -0.15) is 0 Å². The van der Waals surface area contributed by atoms with Crippen LogP contribution in [0.5, 0.6) is 11.5 Å². The summed E-state index contributed by atoms with van der Waals surface area (Å²) in [7, 11) is -0.239. The fourth-order valence-electron chi connectivity index (χ4n) is 1.06. The van der Waals surface area contributed by atoms with Crippen molar-refractivity contribution in [2.75, 3.05) is 7.11 Å². The van der Waals surface area contributed by atoms with Gasteiger partial charge in [0.05, 0.1) is 11.6 Å². The van der Waals surface area contributed by atoms with Gasteiger partial charge < -0.3 is 9.16 Å². The van der Waals surface area contributed by atoms with Gasteiger partial charge in [-0.1, -0.05) is 0 Å². The molecule has 84 valence electrons. The predicted molar refractivity (Wildman–Crippen MR) is 64.6 cm³/mol. The maximum absolute atomic E-state index is 13.4. The van der Waals surface area contributed by atoms with Crippen LogP contribution in [0.2, 0.25) is 19.6 Å². The Kier molecular flexibility index (Phi) is 3.78. The van der Waals surface area contributed by atoms with Crippen LogP contribution in [0, 0.1) is 5.82 Å². The quantitative estimate of drug-likeness (QED) is 0.789. The van der Waals surface area contributed by atoms with Crippen molar-refractivity contribution in [1.29, 1.82) is 0 Å². The van der Waals surface area contributed by atoms with E-state index in [4.69, 9.17) is 9.16 Å². The lowest BCUT2D eigenvalue weighted by molar-refractivity contribution is 0.407. The van der Waals surface area contributed by atoms with Crippen molar-refractivity contribution < 1.29 is 13.6 Å². The maximum atomic E-state index is 13.4. The minimum Gasteiger partial charge on any atom is -0.543 e. The Morgan fingerprint density at radius 2 is 1.87 bits per heavy atom. The van der Waals surface area contributed by atoms with E-state index in [1.807, 2.05) is 19.6 Å². The van der Waals surface area contributed by atoms with Crippen molar-refractivity contribution in [3.63, 3.8) is 0 Å². The van der Waals surface area contributed by atoms with Crippen LogP contribution >= 0.6 is 15.9 Å². The number of hydrogen-bond acceptors (Lipinski definition) is 2. The molecule has 0 unspecified atom stereocenters. The Labute approximate surface area is 98.7 Å². The Morgan fingerprint density at radius 1 is 1.27 bits per heavy atom. The molecule has 2 nitrogen and oxygen atoms in total. The van der Waals surface area contributed by atoms with Crippen LogP contribution in [-0.2, 0) is 0 Å². The molecule has 0 aliphatic carbocycles. The van der Waals surface area contributed by atoms with E-state index in [1.165, 1.54) is 13.2 Å². The number of hydrogen-bond donors (Lipinski definition) is 0. The van der Waals surface area contributed by atoms with Gasteiger partial charge in [0.2, 0.25) is 8.32 Å². The molecule has 0 aliphatic rings. The summed E-state index contributed by atoms with van der Waals surface area (Å²) < 4.78 is 24.5. The van der Waals surface area contributed by atoms with Gasteiger partial charge in [-0.3, -0.25) is 0 Å². The van der Waals surface area contributed by atoms with Gasteiger partial charge in [0.1, 0.15) is 17.3 Å². The number of rotatable bonds is 3. The average Bonchev–Trinajstić information content (AvgIpc) is 2.10. The lowest BCUT2D eigenvalue weighted by atomic mass is 10.3. The maximum Gasteiger partial charge on any atom is 0.242 e. The van der Waals surface area contributed by atoms with Gasteiger partial charge in [0.15, 0.2) is 0 Å². The topological polar surface area (TPSA) is 18.5 Å². The molecule has 0 saturated heterocycles. The molecule has 0 atom stereocenters. The first kappa shape index (κ1) is 12.5. The molecule has 0 heterocycles. The van der Waals surface area contributed by atoms with Crippen molar-refractivity contribution in [3.05, 3.63) is 22.4 Å². The molecule has 1 rings (SSSR count). The summed E-state index contributed by atoms with van der Waals surface area (Å²) in [6.45, 7) is 6.12. The molecular formula is C10H14BrFO2Si. The first-order chi connectivity index (χ1) is 6.83. The Morgan fingerprint density at radius 3 is 2.33 bits per heavy atom. The van der Waals surface area contributed by atoms with E-state index in [-0.39, 0.29) is 5.82 Å². The Bertz CT molecular complexity index is 363. The zero-order valence-electron chi connectivity index (χ0n) is 9.23. The van der Waals surface area contributed by atoms with E-state index in [2.05, 4.69) is 15.9 Å². The summed E-state index contributed by atoms with van der Waals surface area (Å²) in [5, 5.41) is 0. The smallest absolute Gasteiger partial charge is 0.242 e. The first-order valence-electron chi connectivity index (χ1n) is 4.55. The van der Waals surface area contributed by atoms with E-state index in [9.17, 15) is 4.39 Å². The van der Waals surface area contributed by atoms with E-state index in [1.54, 1.807) is 6.07 Å². The molecule has 15 heavy (non-hydrogen) atoms. The van der Waals surface area contributed by atoms with E-state index < -0.39 is 8.32 Å². The van der Waals surface area contributed by atoms with Gasteiger partial charge in [-0.05, 0) is 35.6 Å². The largest absolute Gasteiger partial charge is 0.543 e. The molecule has 0 spiro atoms. The minimum absolute atomic E-state index is 0.353. The highest BCUT2D eigenvalue weighted by Crippen LogP contribution is 2.33. The van der Waals surface area contributed by atoms with Crippen molar-refractivity contribution in [2.24, 2.45) is 0 Å². The minimum atomic E-state index is -1.74. The standard InChI is InChI=1S/C10H14BrFO2Si/c1-13-7-5-8(12)10(11)9(6-7)14-15(2,3)4/h5-6H,1-4H3. The monoisotopic (exact) mass is 292 g/mol. The summed E-state index contributed by atoms with van der Waals surface area (Å²) in [5.41, 5.74) is 0. The highest BCUT2D eigenvalue weighted by Gasteiger charge is 2.20. The number of ether oxygens (including phenoxy) is 1. The van der Waals surface area contributed by atoms with Crippen LogP contribution in [0.15, 0.2) is 16.6 Å². The van der Waals surface area contributed by atoms with Crippen LogP contribution < -0.4 is 9.16 Å². The first-order valence-corrected chi connectivity index (χ1v) is 8.75. The van der Waals surface area contributed by atoms with Gasteiger partial charge >= 0.3 is 0 Å². The molecule has 0 fully saturated rings. The van der Waals surface area contributed by atoms with Gasteiger partial charge in [-0.25, -0.2) is 4.39 Å². The summed E-state index contributed by atoms with van der Waals surface area (Å²) >= 11 is 3.16. The Hall–Kier alpha value is -0.553. The molecule has 0 saturated carbocycles. The second kappa shape index (κ2) is 4.53. The van der Waals surface area contributed by atoms with Gasteiger partial charge in [-0.15, -0.1) is 0 Å². The molecule has 0 aromatic heterocycles. The molecule has 5 heteroatoms. The highest BCUT2D eigenvalue weighted by atomic mass is 79.9. The third kappa shape index (κ3) is 3.50. The zero-order valence-corrected chi connectivity index (χ0v) is 11.8.